The minimum atomic E-state index is -0.331. The number of fused-ring (bicyclic) bond motifs is 3. The van der Waals surface area contributed by atoms with Gasteiger partial charge in [-0.05, 0) is 66.6 Å². The summed E-state index contributed by atoms with van der Waals surface area (Å²) in [5, 5.41) is 8.47. The Kier molecular flexibility index (Phi) is 6.98. The highest BCUT2D eigenvalue weighted by atomic mass is 35.5. The summed E-state index contributed by atoms with van der Waals surface area (Å²) in [6.45, 7) is 2.96. The zero-order valence-corrected chi connectivity index (χ0v) is 20.7. The van der Waals surface area contributed by atoms with Crippen molar-refractivity contribution in [2.45, 2.75) is 51.3 Å². The van der Waals surface area contributed by atoms with Crippen LogP contribution in [0.25, 0.3) is 0 Å². The van der Waals surface area contributed by atoms with Crippen LogP contribution >= 0.6 is 23.2 Å². The first-order chi connectivity index (χ1) is 16.6. The Morgan fingerprint density at radius 1 is 0.941 bits per heavy atom. The van der Waals surface area contributed by atoms with E-state index in [4.69, 9.17) is 37.8 Å². The lowest BCUT2D eigenvalue weighted by Crippen LogP contribution is -2.33. The molecule has 3 aromatic rings. The Morgan fingerprint density at radius 3 is 2.47 bits per heavy atom. The molecule has 0 N–H and O–H groups in total. The monoisotopic (exact) mass is 494 g/mol. The molecule has 0 saturated carbocycles. The van der Waals surface area contributed by atoms with E-state index in [-0.39, 0.29) is 12.3 Å². The van der Waals surface area contributed by atoms with Crippen LogP contribution in [0.3, 0.4) is 0 Å². The smallest absolute Gasteiger partial charge is 0.213 e. The second kappa shape index (κ2) is 10.3. The Hall–Kier alpha value is -2.69. The Balaban J connectivity index is 1.40. The molecule has 0 amide bonds. The maximum Gasteiger partial charge on any atom is 0.213 e. The summed E-state index contributed by atoms with van der Waals surface area (Å²) in [6.07, 6.45) is 5.21. The summed E-state index contributed by atoms with van der Waals surface area (Å²) in [6, 6.07) is 21.9. The quantitative estimate of drug-likeness (QED) is 0.296. The second-order valence-electron chi connectivity index (χ2n) is 8.78. The third kappa shape index (κ3) is 4.89. The van der Waals surface area contributed by atoms with Gasteiger partial charge in [0.15, 0.2) is 0 Å². The van der Waals surface area contributed by atoms with Gasteiger partial charge in [0.2, 0.25) is 6.23 Å². The number of halogens is 2. The van der Waals surface area contributed by atoms with Crippen LogP contribution in [-0.4, -0.2) is 17.3 Å². The molecule has 0 bridgehead atoms. The van der Waals surface area contributed by atoms with Crippen LogP contribution < -0.4 is 9.47 Å². The van der Waals surface area contributed by atoms with Crippen LogP contribution in [0.5, 0.6) is 11.5 Å². The van der Waals surface area contributed by atoms with Crippen LogP contribution in [0.4, 0.5) is 0 Å². The molecule has 0 unspecified atom stereocenters. The van der Waals surface area contributed by atoms with Gasteiger partial charge in [-0.2, -0.15) is 5.10 Å². The highest BCUT2D eigenvalue weighted by Gasteiger charge is 2.41. The molecular formula is C28H28Cl2N2O2. The number of hydrogen-bond acceptors (Lipinski definition) is 4. The molecule has 3 aromatic carbocycles. The van der Waals surface area contributed by atoms with Crippen LogP contribution in [0, 0.1) is 0 Å². The van der Waals surface area contributed by atoms with Crippen molar-refractivity contribution in [3.05, 3.63) is 93.5 Å². The first-order valence-electron chi connectivity index (χ1n) is 11.9. The van der Waals surface area contributed by atoms with Crippen molar-refractivity contribution < 1.29 is 9.47 Å². The molecule has 0 aliphatic carbocycles. The van der Waals surface area contributed by atoms with Crippen molar-refractivity contribution in [2.24, 2.45) is 5.10 Å². The molecule has 0 spiro atoms. The van der Waals surface area contributed by atoms with Crippen LogP contribution in [-0.2, 0) is 0 Å². The molecule has 0 radical (unpaired) electrons. The van der Waals surface area contributed by atoms with Gasteiger partial charge in [-0.25, -0.2) is 5.01 Å². The van der Waals surface area contributed by atoms with Crippen LogP contribution in [0.2, 0.25) is 10.0 Å². The molecule has 0 fully saturated rings. The van der Waals surface area contributed by atoms with E-state index >= 15 is 0 Å². The van der Waals surface area contributed by atoms with Crippen molar-refractivity contribution in [3.63, 3.8) is 0 Å². The van der Waals surface area contributed by atoms with Gasteiger partial charge in [0.05, 0.1) is 18.4 Å². The SMILES string of the molecule is CCCCCCOc1ccc([C@H]2Oc3ccc(Cl)cc3[C@@H]3CC(c4ccc(Cl)cc4)=NN23)cc1. The average Bonchev–Trinajstić information content (AvgIpc) is 3.30. The molecule has 0 saturated heterocycles. The maximum absolute atomic E-state index is 6.45. The molecule has 6 heteroatoms. The van der Waals surface area contributed by atoms with Gasteiger partial charge in [0.25, 0.3) is 0 Å². The number of unbranched alkanes of at least 4 members (excludes halogenated alkanes) is 3. The summed E-state index contributed by atoms with van der Waals surface area (Å²) in [7, 11) is 0. The van der Waals surface area contributed by atoms with Crippen LogP contribution in [0.1, 0.15) is 68.0 Å². The fourth-order valence-corrected chi connectivity index (χ4v) is 4.85. The van der Waals surface area contributed by atoms with Gasteiger partial charge < -0.3 is 9.47 Å². The van der Waals surface area contributed by atoms with Crippen molar-refractivity contribution >= 4 is 28.9 Å². The third-order valence-corrected chi connectivity index (χ3v) is 6.85. The normalized spacial score (nSPS) is 18.7. The van der Waals surface area contributed by atoms with Gasteiger partial charge in [0, 0.05) is 27.6 Å². The topological polar surface area (TPSA) is 34.1 Å². The van der Waals surface area contributed by atoms with E-state index in [0.717, 1.165) is 53.3 Å². The highest BCUT2D eigenvalue weighted by Crippen LogP contribution is 2.48. The van der Waals surface area contributed by atoms with E-state index < -0.39 is 0 Å². The Bertz CT molecular complexity index is 1160. The number of hydrazone groups is 1. The Morgan fingerprint density at radius 2 is 1.71 bits per heavy atom. The molecular weight excluding hydrogens is 467 g/mol. The summed E-state index contributed by atoms with van der Waals surface area (Å²) >= 11 is 12.4. The zero-order valence-electron chi connectivity index (χ0n) is 19.2. The number of benzene rings is 3. The van der Waals surface area contributed by atoms with Crippen molar-refractivity contribution in [3.8, 4) is 11.5 Å². The van der Waals surface area contributed by atoms with Gasteiger partial charge in [-0.3, -0.25) is 0 Å². The van der Waals surface area contributed by atoms with Crippen LogP contribution in [0.15, 0.2) is 71.8 Å². The zero-order chi connectivity index (χ0) is 23.5. The lowest BCUT2D eigenvalue weighted by molar-refractivity contribution is -0.0190. The van der Waals surface area contributed by atoms with Gasteiger partial charge in [0.1, 0.15) is 11.5 Å². The summed E-state index contributed by atoms with van der Waals surface area (Å²) in [5.74, 6) is 1.73. The number of ether oxygens (including phenoxy) is 2. The van der Waals surface area contributed by atoms with Crippen molar-refractivity contribution in [2.75, 3.05) is 6.61 Å². The lowest BCUT2D eigenvalue weighted by Gasteiger charge is -2.38. The van der Waals surface area contributed by atoms with E-state index in [0.29, 0.717) is 10.0 Å². The standard InChI is InChI=1S/C28H28Cl2N2O2/c1-2-3-4-5-16-33-23-13-8-20(9-14-23)28-32-26(24-17-22(30)12-15-27(24)34-28)18-25(31-32)19-6-10-21(29)11-7-19/h6-15,17,26,28H,2-5,16,18H2,1H3/t26-,28+/m0/s1. The van der Waals surface area contributed by atoms with Crippen molar-refractivity contribution in [1.82, 2.24) is 5.01 Å². The van der Waals surface area contributed by atoms with Crippen molar-refractivity contribution in [1.29, 1.82) is 0 Å². The fraction of sp³-hybridized carbons (Fsp3) is 0.321. The average molecular weight is 495 g/mol. The molecule has 5 rings (SSSR count). The fourth-order valence-electron chi connectivity index (χ4n) is 4.54. The lowest BCUT2D eigenvalue weighted by atomic mass is 9.96. The van der Waals surface area contributed by atoms with Gasteiger partial charge in [-0.1, -0.05) is 61.5 Å². The summed E-state index contributed by atoms with van der Waals surface area (Å²) in [4.78, 5) is 0. The molecule has 176 valence electrons. The molecule has 2 heterocycles. The minimum absolute atomic E-state index is 0.0487. The van der Waals surface area contributed by atoms with E-state index in [1.54, 1.807) is 0 Å². The number of hydrogen-bond donors (Lipinski definition) is 0. The largest absolute Gasteiger partial charge is 0.494 e. The van der Waals surface area contributed by atoms with Gasteiger partial charge in [-0.15, -0.1) is 0 Å². The number of nitrogens with zero attached hydrogens (tertiary/aromatic N) is 2. The molecule has 0 aromatic heterocycles. The van der Waals surface area contributed by atoms with E-state index in [9.17, 15) is 0 Å². The van der Waals surface area contributed by atoms with E-state index in [1.807, 2.05) is 54.6 Å². The first kappa shape index (κ1) is 23.1. The summed E-state index contributed by atoms with van der Waals surface area (Å²) < 4.78 is 12.4. The Labute approximate surface area is 211 Å². The second-order valence-corrected chi connectivity index (χ2v) is 9.66. The summed E-state index contributed by atoms with van der Waals surface area (Å²) in [5.41, 5.74) is 4.16. The highest BCUT2D eigenvalue weighted by molar-refractivity contribution is 6.31. The predicted octanol–water partition coefficient (Wildman–Crippen LogP) is 8.19. The predicted molar refractivity (Wildman–Crippen MR) is 138 cm³/mol. The maximum atomic E-state index is 6.45. The molecule has 4 nitrogen and oxygen atoms in total. The first-order valence-corrected chi connectivity index (χ1v) is 12.7. The minimum Gasteiger partial charge on any atom is -0.494 e. The molecule has 2 aliphatic rings. The number of rotatable bonds is 8. The molecule has 2 aliphatic heterocycles. The molecule has 2 atom stereocenters. The third-order valence-electron chi connectivity index (χ3n) is 6.36. The van der Waals surface area contributed by atoms with E-state index in [2.05, 4.69) is 24.1 Å². The molecule has 34 heavy (non-hydrogen) atoms. The van der Waals surface area contributed by atoms with E-state index in [1.165, 1.54) is 19.3 Å². The van der Waals surface area contributed by atoms with Gasteiger partial charge >= 0.3 is 0 Å².